The number of carbonyl (C=O) groups excluding carboxylic acids is 4. The van der Waals surface area contributed by atoms with E-state index in [1.54, 1.807) is 0 Å². The highest BCUT2D eigenvalue weighted by molar-refractivity contribution is 8.03. The molecule has 2 aromatic carbocycles. The summed E-state index contributed by atoms with van der Waals surface area (Å²) in [4.78, 5) is 76.9. The van der Waals surface area contributed by atoms with Crippen LogP contribution in [-0.2, 0) is 51.4 Å². The van der Waals surface area contributed by atoms with Gasteiger partial charge in [-0.25, -0.2) is 9.59 Å². The molecule has 2 saturated heterocycles. The molecule has 6 atom stereocenters. The Kier molecular flexibility index (Phi) is 12.2. The van der Waals surface area contributed by atoms with Crippen LogP contribution in [0.4, 0.5) is 16.2 Å². The first-order valence-corrected chi connectivity index (χ1v) is 19.2. The number of benzene rings is 2. The third-order valence-electron chi connectivity index (χ3n) is 9.17. The van der Waals surface area contributed by atoms with Gasteiger partial charge < -0.3 is 29.7 Å². The number of nitrogens with zero attached hydrogens (tertiary/aromatic N) is 4. The van der Waals surface area contributed by atoms with Gasteiger partial charge in [-0.2, -0.15) is 8.42 Å². The van der Waals surface area contributed by atoms with Crippen LogP contribution in [0.1, 0.15) is 31.4 Å². The van der Waals surface area contributed by atoms with Gasteiger partial charge in [0.25, 0.3) is 21.5 Å². The maximum atomic E-state index is 13.7. The van der Waals surface area contributed by atoms with Crippen molar-refractivity contribution in [3.8, 4) is 0 Å². The highest BCUT2D eigenvalue weighted by Crippen LogP contribution is 2.52. The van der Waals surface area contributed by atoms with Gasteiger partial charge in [-0.05, 0) is 48.7 Å². The Morgan fingerprint density at radius 2 is 1.56 bits per heavy atom. The highest BCUT2D eigenvalue weighted by Gasteiger charge is 2.60. The number of nitrogens with one attached hydrogen (secondary N) is 1. The van der Waals surface area contributed by atoms with Crippen molar-refractivity contribution in [3.63, 3.8) is 0 Å². The van der Waals surface area contributed by atoms with Crippen LogP contribution in [0.25, 0.3) is 0 Å². The molecule has 2 N–H and O–H groups in total. The van der Waals surface area contributed by atoms with Crippen LogP contribution in [-0.4, -0.2) is 106 Å². The number of thioether (sulfide) groups is 1. The molecule has 290 valence electrons. The number of rotatable bonds is 15. The molecule has 0 unspecified atom stereocenters. The number of hydrogen-bond acceptors (Lipinski definition) is 15. The number of non-ortho nitro benzene ring substituents is 2. The number of hydrogen-bond donors (Lipinski definition) is 2. The predicted octanol–water partition coefficient (Wildman–Crippen LogP) is 2.22. The number of nitro benzene ring substituents is 2. The van der Waals surface area contributed by atoms with Gasteiger partial charge in [-0.1, -0.05) is 6.92 Å². The molecule has 3 aliphatic rings. The van der Waals surface area contributed by atoms with Crippen molar-refractivity contribution in [2.24, 2.45) is 11.8 Å². The molecule has 2 aromatic rings. The van der Waals surface area contributed by atoms with Crippen molar-refractivity contribution in [1.82, 2.24) is 15.1 Å². The number of aliphatic hydroxyl groups excluding tert-OH is 1. The second-order valence-corrected chi connectivity index (χ2v) is 16.0. The number of nitro groups is 2. The molecule has 0 saturated carbocycles. The van der Waals surface area contributed by atoms with E-state index in [0.29, 0.717) is 16.0 Å². The standard InChI is InChI=1S/C33H37N5O14S2/c1-18-28-27(19(2)39)31(41)36(28)29(32(42)50-15-20-4-8-22(9-5-20)37(44)45)30(18)53-25-12-24(13-34-26(40)17-52-54(3,48)49)35(14-25)33(43)51-16-21-6-10-23(11-7-21)38(46)47/h4-11,18-19,24-25,27-28,39H,12-17H2,1-3H3,(H,34,40)/t18-,19-,24+,25+,27-,28-/m1/s1. The van der Waals surface area contributed by atoms with Gasteiger partial charge in [-0.3, -0.25) is 34.0 Å². The lowest BCUT2D eigenvalue weighted by Gasteiger charge is -2.46. The molecule has 0 bridgehead atoms. The lowest BCUT2D eigenvalue weighted by atomic mass is 9.79. The topological polar surface area (TPSA) is 255 Å². The summed E-state index contributed by atoms with van der Waals surface area (Å²) in [6, 6.07) is 9.61. The third kappa shape index (κ3) is 9.14. The first-order chi connectivity index (χ1) is 25.4. The first-order valence-electron chi connectivity index (χ1n) is 16.5. The van der Waals surface area contributed by atoms with Gasteiger partial charge >= 0.3 is 12.1 Å². The van der Waals surface area contributed by atoms with Crippen LogP contribution in [0, 0.1) is 32.1 Å². The van der Waals surface area contributed by atoms with E-state index in [1.807, 2.05) is 6.92 Å². The Balaban J connectivity index is 1.35. The van der Waals surface area contributed by atoms with Gasteiger partial charge in [0.05, 0.1) is 40.2 Å². The number of ether oxygens (including phenoxy) is 2. The number of likely N-dealkylation sites (tertiary alicyclic amines) is 1. The predicted molar refractivity (Wildman–Crippen MR) is 188 cm³/mol. The monoisotopic (exact) mass is 791 g/mol. The number of carbonyl (C=O) groups is 4. The summed E-state index contributed by atoms with van der Waals surface area (Å²) in [5, 5.41) is 34.6. The van der Waals surface area contributed by atoms with Gasteiger partial charge in [-0.15, -0.1) is 11.8 Å². The van der Waals surface area contributed by atoms with E-state index in [9.17, 15) is 52.9 Å². The summed E-state index contributed by atoms with van der Waals surface area (Å²) in [6.07, 6.45) is -0.730. The van der Waals surface area contributed by atoms with Crippen molar-refractivity contribution in [2.75, 3.05) is 26.0 Å². The SMILES string of the molecule is C[C@@H](O)[C@H]1C(=O)N2C(C(=O)OCc3ccc([N+](=O)[O-])cc3)=C(S[C@H]3C[C@@H](CNC(=O)COS(C)(=O)=O)N(C(=O)OCc4ccc([N+](=O)[O-])cc4)C3)[C@H](C)[C@H]12. The van der Waals surface area contributed by atoms with Crippen molar-refractivity contribution >= 4 is 57.1 Å². The van der Waals surface area contributed by atoms with Gasteiger partial charge in [0.15, 0.2) is 0 Å². The largest absolute Gasteiger partial charge is 0.456 e. The summed E-state index contributed by atoms with van der Waals surface area (Å²) >= 11 is 1.24. The molecule has 0 aliphatic carbocycles. The Hall–Kier alpha value is -5.12. The average Bonchev–Trinajstić information content (AvgIpc) is 3.63. The van der Waals surface area contributed by atoms with Gasteiger partial charge in [0.2, 0.25) is 11.8 Å². The van der Waals surface area contributed by atoms with E-state index in [0.717, 1.165) is 6.26 Å². The molecule has 5 rings (SSSR count). The van der Waals surface area contributed by atoms with Crippen LogP contribution < -0.4 is 5.32 Å². The molecule has 54 heavy (non-hydrogen) atoms. The van der Waals surface area contributed by atoms with E-state index < -0.39 is 85.7 Å². The van der Waals surface area contributed by atoms with Crippen LogP contribution in [0.5, 0.6) is 0 Å². The number of esters is 1. The smallest absolute Gasteiger partial charge is 0.410 e. The number of β-lactam (4-membered cyclic amide) rings is 1. The maximum absolute atomic E-state index is 13.7. The molecular formula is C33H37N5O14S2. The Morgan fingerprint density at radius 1 is 1.00 bits per heavy atom. The molecule has 3 heterocycles. The molecule has 0 radical (unpaired) electrons. The summed E-state index contributed by atoms with van der Waals surface area (Å²) in [7, 11) is -3.90. The fourth-order valence-corrected chi connectivity index (χ4v) is 8.42. The van der Waals surface area contributed by atoms with Crippen LogP contribution in [0.3, 0.4) is 0 Å². The van der Waals surface area contributed by atoms with Crippen LogP contribution in [0.2, 0.25) is 0 Å². The van der Waals surface area contributed by atoms with E-state index in [4.69, 9.17) is 9.47 Å². The number of amides is 3. The Morgan fingerprint density at radius 3 is 2.07 bits per heavy atom. The fourth-order valence-electron chi connectivity index (χ4n) is 6.54. The molecular weight excluding hydrogens is 755 g/mol. The first kappa shape index (κ1) is 40.1. The molecule has 3 amide bonds. The van der Waals surface area contributed by atoms with Crippen LogP contribution >= 0.6 is 11.8 Å². The average molecular weight is 792 g/mol. The number of aliphatic hydroxyl groups is 1. The summed E-state index contributed by atoms with van der Waals surface area (Å²) in [6.45, 7) is 1.99. The van der Waals surface area contributed by atoms with E-state index in [2.05, 4.69) is 9.50 Å². The second kappa shape index (κ2) is 16.5. The lowest BCUT2D eigenvalue weighted by molar-refractivity contribution is -0.385. The summed E-state index contributed by atoms with van der Waals surface area (Å²) < 4.78 is 38.4. The Bertz CT molecular complexity index is 1960. The molecule has 0 spiro atoms. The molecule has 0 aromatic heterocycles. The normalized spacial score (nSPS) is 22.7. The molecule has 21 heteroatoms. The minimum atomic E-state index is -3.90. The number of fused-ring (bicyclic) bond motifs is 1. The van der Waals surface area contributed by atoms with Crippen molar-refractivity contribution in [2.45, 2.75) is 56.9 Å². The van der Waals surface area contributed by atoms with E-state index in [-0.39, 0.29) is 49.8 Å². The zero-order valence-corrected chi connectivity index (χ0v) is 30.8. The fraction of sp³-hybridized carbons (Fsp3) is 0.455. The molecule has 2 fully saturated rings. The summed E-state index contributed by atoms with van der Waals surface area (Å²) in [5.74, 6) is -3.24. The second-order valence-electron chi connectivity index (χ2n) is 13.0. The zero-order valence-electron chi connectivity index (χ0n) is 29.2. The Labute approximate surface area is 313 Å². The molecule has 3 aliphatic heterocycles. The minimum absolute atomic E-state index is 0.0108. The zero-order chi connectivity index (χ0) is 39.5. The van der Waals surface area contributed by atoms with Crippen LogP contribution in [0.15, 0.2) is 59.1 Å². The summed E-state index contributed by atoms with van der Waals surface area (Å²) in [5.41, 5.74) is 0.647. The quantitative estimate of drug-likeness (QED) is 0.0862. The highest BCUT2D eigenvalue weighted by atomic mass is 32.2. The van der Waals surface area contributed by atoms with Crippen molar-refractivity contribution in [1.29, 1.82) is 0 Å². The van der Waals surface area contributed by atoms with Crippen molar-refractivity contribution in [3.05, 3.63) is 90.5 Å². The van der Waals surface area contributed by atoms with Crippen molar-refractivity contribution < 1.29 is 56.2 Å². The lowest BCUT2D eigenvalue weighted by Crippen LogP contribution is -2.63. The molecule has 19 nitrogen and oxygen atoms in total. The van der Waals surface area contributed by atoms with Gasteiger partial charge in [0, 0.05) is 53.4 Å². The van der Waals surface area contributed by atoms with E-state index in [1.165, 1.54) is 77.0 Å². The third-order valence-corrected chi connectivity index (χ3v) is 11.2. The van der Waals surface area contributed by atoms with E-state index >= 15 is 0 Å². The maximum Gasteiger partial charge on any atom is 0.410 e. The minimum Gasteiger partial charge on any atom is -0.456 e. The van der Waals surface area contributed by atoms with Gasteiger partial charge in [0.1, 0.15) is 25.5 Å².